The summed E-state index contributed by atoms with van der Waals surface area (Å²) in [4.78, 5) is 10.7. The number of benzene rings is 1. The van der Waals surface area contributed by atoms with Crippen molar-refractivity contribution >= 4 is 28.9 Å². The number of rotatable bonds is 3. The van der Waals surface area contributed by atoms with E-state index in [1.54, 1.807) is 19.2 Å². The van der Waals surface area contributed by atoms with Gasteiger partial charge in [0.2, 0.25) is 0 Å². The number of ether oxygens (including phenoxy) is 2. The first-order valence-electron chi connectivity index (χ1n) is 3.60. The second-order valence-electron chi connectivity index (χ2n) is 2.32. The van der Waals surface area contributed by atoms with Gasteiger partial charge in [-0.05, 0) is 34.7 Å². The smallest absolute Gasteiger partial charge is 0.154 e. The lowest BCUT2D eigenvalue weighted by atomic mass is 10.2. The lowest BCUT2D eigenvalue weighted by Crippen LogP contribution is -1.96. The first-order valence-corrected chi connectivity index (χ1v) is 4.68. The second-order valence-corrected chi connectivity index (χ2v) is 3.39. The molecule has 1 rings (SSSR count). The van der Waals surface area contributed by atoms with Crippen molar-refractivity contribution in [3.05, 3.63) is 21.3 Å². The van der Waals surface area contributed by atoms with Crippen LogP contribution in [0.1, 0.15) is 10.4 Å². The van der Waals surface area contributed by atoms with E-state index in [0.717, 1.165) is 9.86 Å². The van der Waals surface area contributed by atoms with Crippen molar-refractivity contribution in [2.75, 3.05) is 14.2 Å². The highest BCUT2D eigenvalue weighted by atomic mass is 127. The van der Waals surface area contributed by atoms with Gasteiger partial charge in [-0.2, -0.15) is 0 Å². The molecule has 1 aromatic carbocycles. The molecule has 0 radical (unpaired) electrons. The monoisotopic (exact) mass is 292 g/mol. The van der Waals surface area contributed by atoms with E-state index in [-0.39, 0.29) is 0 Å². The Balaban J connectivity index is 3.31. The molecule has 3 nitrogen and oxygen atoms in total. The van der Waals surface area contributed by atoms with Crippen LogP contribution in [0.25, 0.3) is 0 Å². The minimum atomic E-state index is 0.530. The first-order chi connectivity index (χ1) is 6.24. The van der Waals surface area contributed by atoms with Crippen molar-refractivity contribution in [1.29, 1.82) is 0 Å². The Morgan fingerprint density at radius 1 is 1.23 bits per heavy atom. The lowest BCUT2D eigenvalue weighted by molar-refractivity contribution is 0.111. The summed E-state index contributed by atoms with van der Waals surface area (Å²) in [5.74, 6) is 1.25. The fourth-order valence-corrected chi connectivity index (χ4v) is 1.79. The van der Waals surface area contributed by atoms with Crippen LogP contribution in [-0.2, 0) is 0 Å². The van der Waals surface area contributed by atoms with Crippen LogP contribution in [0.2, 0.25) is 0 Å². The maximum Gasteiger partial charge on any atom is 0.154 e. The predicted molar refractivity (Wildman–Crippen MR) is 57.7 cm³/mol. The average Bonchev–Trinajstić information content (AvgIpc) is 2.17. The van der Waals surface area contributed by atoms with E-state index >= 15 is 0 Å². The number of carbonyl (C=O) groups excluding carboxylic acids is 1. The summed E-state index contributed by atoms with van der Waals surface area (Å²) in [6.07, 6.45) is 0.767. The minimum absolute atomic E-state index is 0.530. The van der Waals surface area contributed by atoms with Gasteiger partial charge < -0.3 is 9.47 Å². The van der Waals surface area contributed by atoms with E-state index in [1.165, 1.54) is 7.11 Å². The molecule has 0 aliphatic carbocycles. The number of carbonyl (C=O) groups is 1. The Labute approximate surface area is 90.2 Å². The molecule has 0 fully saturated rings. The van der Waals surface area contributed by atoms with Gasteiger partial charge >= 0.3 is 0 Å². The van der Waals surface area contributed by atoms with Crippen molar-refractivity contribution in [1.82, 2.24) is 0 Å². The SMILES string of the molecule is COc1ccc(OC)c(C=O)c1I. The van der Waals surface area contributed by atoms with Crippen LogP contribution < -0.4 is 9.47 Å². The molecule has 0 heterocycles. The van der Waals surface area contributed by atoms with Crippen LogP contribution in [0, 0.1) is 3.57 Å². The summed E-state index contributed by atoms with van der Waals surface area (Å²) in [7, 11) is 3.10. The molecule has 0 unspecified atom stereocenters. The van der Waals surface area contributed by atoms with Gasteiger partial charge in [0.15, 0.2) is 6.29 Å². The molecule has 1 aromatic rings. The van der Waals surface area contributed by atoms with Crippen molar-refractivity contribution in [3.63, 3.8) is 0 Å². The van der Waals surface area contributed by atoms with E-state index in [1.807, 2.05) is 0 Å². The Kier molecular flexibility index (Phi) is 3.53. The van der Waals surface area contributed by atoms with Gasteiger partial charge in [0, 0.05) is 0 Å². The third-order valence-corrected chi connectivity index (χ3v) is 2.77. The fraction of sp³-hybridized carbons (Fsp3) is 0.222. The Hall–Kier alpha value is -0.780. The van der Waals surface area contributed by atoms with E-state index in [4.69, 9.17) is 9.47 Å². The predicted octanol–water partition coefficient (Wildman–Crippen LogP) is 2.12. The van der Waals surface area contributed by atoms with Crippen molar-refractivity contribution in [2.24, 2.45) is 0 Å². The van der Waals surface area contributed by atoms with Gasteiger partial charge in [-0.25, -0.2) is 0 Å². The number of hydrogen-bond acceptors (Lipinski definition) is 3. The van der Waals surface area contributed by atoms with Crippen LogP contribution in [-0.4, -0.2) is 20.5 Å². The molecule has 0 saturated heterocycles. The third-order valence-electron chi connectivity index (χ3n) is 1.66. The number of halogens is 1. The number of aldehydes is 1. The second kappa shape index (κ2) is 4.45. The Bertz CT molecular complexity index is 323. The molecule has 0 aliphatic rings. The average molecular weight is 292 g/mol. The van der Waals surface area contributed by atoms with E-state index < -0.39 is 0 Å². The van der Waals surface area contributed by atoms with Gasteiger partial charge in [0.05, 0.1) is 23.4 Å². The molecular weight excluding hydrogens is 283 g/mol. The highest BCUT2D eigenvalue weighted by Gasteiger charge is 2.10. The first kappa shape index (κ1) is 10.3. The number of hydrogen-bond donors (Lipinski definition) is 0. The van der Waals surface area contributed by atoms with Crippen LogP contribution in [0.4, 0.5) is 0 Å². The van der Waals surface area contributed by atoms with Crippen molar-refractivity contribution in [3.8, 4) is 11.5 Å². The normalized spacial score (nSPS) is 9.46. The zero-order valence-electron chi connectivity index (χ0n) is 7.33. The topological polar surface area (TPSA) is 35.5 Å². The zero-order chi connectivity index (χ0) is 9.84. The zero-order valence-corrected chi connectivity index (χ0v) is 9.49. The molecule has 0 amide bonds. The van der Waals surface area contributed by atoms with E-state index in [2.05, 4.69) is 22.6 Å². The maximum atomic E-state index is 10.7. The minimum Gasteiger partial charge on any atom is -0.496 e. The highest BCUT2D eigenvalue weighted by molar-refractivity contribution is 14.1. The van der Waals surface area contributed by atoms with Crippen molar-refractivity contribution < 1.29 is 14.3 Å². The molecular formula is C9H9IO3. The quantitative estimate of drug-likeness (QED) is 0.632. The standard InChI is InChI=1S/C9H9IO3/c1-12-7-3-4-8(13-2)9(10)6(7)5-11/h3-5H,1-2H3. The van der Waals surface area contributed by atoms with E-state index in [0.29, 0.717) is 17.1 Å². The lowest BCUT2D eigenvalue weighted by Gasteiger charge is -2.08. The summed E-state index contributed by atoms with van der Waals surface area (Å²) in [5, 5.41) is 0. The third kappa shape index (κ3) is 1.93. The summed E-state index contributed by atoms with van der Waals surface area (Å²) < 4.78 is 10.9. The summed E-state index contributed by atoms with van der Waals surface area (Å²) in [6.45, 7) is 0. The van der Waals surface area contributed by atoms with Gasteiger partial charge in [-0.15, -0.1) is 0 Å². The molecule has 0 atom stereocenters. The molecule has 70 valence electrons. The molecule has 0 N–H and O–H groups in total. The molecule has 0 aromatic heterocycles. The van der Waals surface area contributed by atoms with Gasteiger partial charge in [-0.1, -0.05) is 0 Å². The summed E-state index contributed by atoms with van der Waals surface area (Å²) >= 11 is 2.05. The van der Waals surface area contributed by atoms with Crippen molar-refractivity contribution in [2.45, 2.75) is 0 Å². The van der Waals surface area contributed by atoms with E-state index in [9.17, 15) is 4.79 Å². The molecule has 13 heavy (non-hydrogen) atoms. The Morgan fingerprint density at radius 2 is 1.77 bits per heavy atom. The van der Waals surface area contributed by atoms with Crippen LogP contribution in [0.3, 0.4) is 0 Å². The fourth-order valence-electron chi connectivity index (χ4n) is 1.00. The summed E-state index contributed by atoms with van der Waals surface area (Å²) in [6, 6.07) is 3.48. The summed E-state index contributed by atoms with van der Waals surface area (Å²) in [5.41, 5.74) is 0.530. The van der Waals surface area contributed by atoms with Gasteiger partial charge in [0.25, 0.3) is 0 Å². The van der Waals surface area contributed by atoms with Crippen LogP contribution >= 0.6 is 22.6 Å². The molecule has 0 bridgehead atoms. The largest absolute Gasteiger partial charge is 0.496 e. The Morgan fingerprint density at radius 3 is 2.23 bits per heavy atom. The van der Waals surface area contributed by atoms with Gasteiger partial charge in [-0.3, -0.25) is 4.79 Å². The van der Waals surface area contributed by atoms with Crippen LogP contribution in [0.5, 0.6) is 11.5 Å². The molecule has 0 saturated carbocycles. The molecule has 0 spiro atoms. The number of methoxy groups -OCH3 is 2. The molecule has 4 heteroatoms. The highest BCUT2D eigenvalue weighted by Crippen LogP contribution is 2.29. The maximum absolute atomic E-state index is 10.7. The van der Waals surface area contributed by atoms with Crippen LogP contribution in [0.15, 0.2) is 12.1 Å². The van der Waals surface area contributed by atoms with Gasteiger partial charge in [0.1, 0.15) is 11.5 Å². The molecule has 0 aliphatic heterocycles.